The van der Waals surface area contributed by atoms with Gasteiger partial charge in [-0.2, -0.15) is 0 Å². The molecule has 0 atom stereocenters. The Balaban J connectivity index is 1.92. The molecular formula is C16H22FNO. The van der Waals surface area contributed by atoms with E-state index in [9.17, 15) is 9.18 Å². The summed E-state index contributed by atoms with van der Waals surface area (Å²) in [4.78, 5) is 12.1. The molecule has 0 spiro atoms. The van der Waals surface area contributed by atoms with Crippen molar-refractivity contribution in [2.45, 2.75) is 52.0 Å². The van der Waals surface area contributed by atoms with Gasteiger partial charge in [-0.1, -0.05) is 13.3 Å². The Kier molecular flexibility index (Phi) is 4.56. The van der Waals surface area contributed by atoms with Crippen LogP contribution in [0.4, 0.5) is 4.39 Å². The summed E-state index contributed by atoms with van der Waals surface area (Å²) in [6.07, 6.45) is 5.75. The van der Waals surface area contributed by atoms with Crippen molar-refractivity contribution in [2.75, 3.05) is 0 Å². The van der Waals surface area contributed by atoms with Gasteiger partial charge in [-0.3, -0.25) is 4.79 Å². The molecule has 0 unspecified atom stereocenters. The number of carbonyl (C=O) groups excluding carboxylic acids is 1. The van der Waals surface area contributed by atoms with Gasteiger partial charge in [-0.25, -0.2) is 4.39 Å². The molecule has 1 aliphatic carbocycles. The molecule has 19 heavy (non-hydrogen) atoms. The van der Waals surface area contributed by atoms with Crippen LogP contribution in [0.25, 0.3) is 0 Å². The van der Waals surface area contributed by atoms with Crippen molar-refractivity contribution < 1.29 is 9.18 Å². The summed E-state index contributed by atoms with van der Waals surface area (Å²) in [6.45, 7) is 3.91. The fraction of sp³-hybridized carbons (Fsp3) is 0.562. The van der Waals surface area contributed by atoms with Crippen LogP contribution in [-0.4, -0.2) is 11.9 Å². The molecule has 0 heterocycles. The lowest BCUT2D eigenvalue weighted by Crippen LogP contribution is -2.37. The summed E-state index contributed by atoms with van der Waals surface area (Å²) in [5.41, 5.74) is 1.07. The van der Waals surface area contributed by atoms with Crippen molar-refractivity contribution in [2.24, 2.45) is 5.92 Å². The number of benzene rings is 1. The van der Waals surface area contributed by atoms with Gasteiger partial charge in [0.25, 0.3) is 5.91 Å². The van der Waals surface area contributed by atoms with Crippen LogP contribution in [0.15, 0.2) is 18.2 Å². The first kappa shape index (κ1) is 14.0. The largest absolute Gasteiger partial charge is 0.349 e. The van der Waals surface area contributed by atoms with Gasteiger partial charge in [0.05, 0.1) is 0 Å². The van der Waals surface area contributed by atoms with E-state index in [1.165, 1.54) is 25.3 Å². The normalized spacial score (nSPS) is 23.1. The Hall–Kier alpha value is -1.38. The van der Waals surface area contributed by atoms with Gasteiger partial charge >= 0.3 is 0 Å². The number of halogens is 1. The quantitative estimate of drug-likeness (QED) is 0.882. The van der Waals surface area contributed by atoms with Gasteiger partial charge in [0.15, 0.2) is 0 Å². The van der Waals surface area contributed by atoms with Crippen LogP contribution in [0.2, 0.25) is 0 Å². The molecule has 1 amide bonds. The molecule has 2 nitrogen and oxygen atoms in total. The molecule has 1 fully saturated rings. The predicted octanol–water partition coefficient (Wildman–Crippen LogP) is 3.83. The minimum absolute atomic E-state index is 0.0805. The lowest BCUT2D eigenvalue weighted by molar-refractivity contribution is 0.0921. The number of hydrogen-bond donors (Lipinski definition) is 1. The highest BCUT2D eigenvalue weighted by atomic mass is 19.1. The van der Waals surface area contributed by atoms with Gasteiger partial charge in [-0.05, 0) is 62.3 Å². The van der Waals surface area contributed by atoms with Crippen LogP contribution < -0.4 is 5.32 Å². The van der Waals surface area contributed by atoms with Crippen LogP contribution in [0.1, 0.15) is 54.9 Å². The highest BCUT2D eigenvalue weighted by molar-refractivity contribution is 5.94. The van der Waals surface area contributed by atoms with Gasteiger partial charge in [0, 0.05) is 11.6 Å². The maximum absolute atomic E-state index is 13.2. The van der Waals surface area contributed by atoms with E-state index in [1.54, 1.807) is 19.1 Å². The van der Waals surface area contributed by atoms with Gasteiger partial charge in [0.2, 0.25) is 0 Å². The molecule has 2 rings (SSSR count). The number of nitrogens with one attached hydrogen (secondary N) is 1. The summed E-state index contributed by atoms with van der Waals surface area (Å²) >= 11 is 0. The summed E-state index contributed by atoms with van der Waals surface area (Å²) in [5.74, 6) is 0.476. The first-order valence-corrected chi connectivity index (χ1v) is 7.17. The molecule has 0 bridgehead atoms. The minimum Gasteiger partial charge on any atom is -0.349 e. The molecular weight excluding hydrogens is 241 g/mol. The van der Waals surface area contributed by atoms with Crippen LogP contribution in [-0.2, 0) is 0 Å². The van der Waals surface area contributed by atoms with Crippen molar-refractivity contribution in [3.05, 3.63) is 35.1 Å². The lowest BCUT2D eigenvalue weighted by atomic mass is 9.84. The van der Waals surface area contributed by atoms with Crippen LogP contribution in [0.3, 0.4) is 0 Å². The number of amides is 1. The fourth-order valence-corrected chi connectivity index (χ4v) is 2.77. The topological polar surface area (TPSA) is 29.1 Å². The molecule has 1 aromatic rings. The molecule has 0 radical (unpaired) electrons. The highest BCUT2D eigenvalue weighted by Crippen LogP contribution is 2.26. The fourth-order valence-electron chi connectivity index (χ4n) is 2.77. The zero-order chi connectivity index (χ0) is 13.8. The van der Waals surface area contributed by atoms with Gasteiger partial charge in [-0.15, -0.1) is 0 Å². The second-order valence-corrected chi connectivity index (χ2v) is 5.56. The highest BCUT2D eigenvalue weighted by Gasteiger charge is 2.21. The van der Waals surface area contributed by atoms with E-state index in [4.69, 9.17) is 0 Å². The molecule has 1 aliphatic rings. The van der Waals surface area contributed by atoms with Crippen molar-refractivity contribution in [1.29, 1.82) is 0 Å². The Morgan fingerprint density at radius 1 is 1.32 bits per heavy atom. The standard InChI is InChI=1S/C16H22FNO/c1-3-12-4-7-14(8-5-12)18-16(19)13-6-9-15(17)11(2)10-13/h6,9-10,12,14H,3-5,7-8H2,1-2H3,(H,18,19). The Labute approximate surface area is 114 Å². The summed E-state index contributed by atoms with van der Waals surface area (Å²) in [6, 6.07) is 4.80. The van der Waals surface area contributed by atoms with Gasteiger partial charge < -0.3 is 5.32 Å². The third kappa shape index (κ3) is 3.55. The Bertz CT molecular complexity index is 450. The predicted molar refractivity (Wildman–Crippen MR) is 74.6 cm³/mol. The van der Waals surface area contributed by atoms with E-state index in [0.29, 0.717) is 11.1 Å². The number of rotatable bonds is 3. The van der Waals surface area contributed by atoms with E-state index in [2.05, 4.69) is 12.2 Å². The van der Waals surface area contributed by atoms with E-state index in [1.807, 2.05) is 0 Å². The van der Waals surface area contributed by atoms with E-state index >= 15 is 0 Å². The van der Waals surface area contributed by atoms with Crippen molar-refractivity contribution in [1.82, 2.24) is 5.32 Å². The average molecular weight is 263 g/mol. The third-order valence-corrected chi connectivity index (χ3v) is 4.18. The monoisotopic (exact) mass is 263 g/mol. The van der Waals surface area contributed by atoms with Gasteiger partial charge in [0.1, 0.15) is 5.82 Å². The zero-order valence-electron chi connectivity index (χ0n) is 11.7. The Morgan fingerprint density at radius 3 is 2.58 bits per heavy atom. The molecule has 104 valence electrons. The minimum atomic E-state index is -0.264. The average Bonchev–Trinajstić information content (AvgIpc) is 2.42. The molecule has 1 aromatic carbocycles. The van der Waals surface area contributed by atoms with Crippen LogP contribution in [0.5, 0.6) is 0 Å². The second-order valence-electron chi connectivity index (χ2n) is 5.56. The smallest absolute Gasteiger partial charge is 0.251 e. The number of hydrogen-bond acceptors (Lipinski definition) is 1. The molecule has 0 saturated heterocycles. The van der Waals surface area contributed by atoms with Crippen LogP contribution in [0, 0.1) is 18.7 Å². The Morgan fingerprint density at radius 2 is 2.00 bits per heavy atom. The van der Waals surface area contributed by atoms with Crippen molar-refractivity contribution in [3.63, 3.8) is 0 Å². The molecule has 3 heteroatoms. The summed E-state index contributed by atoms with van der Waals surface area (Å²) < 4.78 is 13.2. The van der Waals surface area contributed by atoms with Crippen molar-refractivity contribution >= 4 is 5.91 Å². The first-order chi connectivity index (χ1) is 9.10. The summed E-state index contributed by atoms with van der Waals surface area (Å²) in [5, 5.41) is 3.07. The summed E-state index contributed by atoms with van der Waals surface area (Å²) in [7, 11) is 0. The second kappa shape index (κ2) is 6.18. The number of carbonyl (C=O) groups is 1. The number of aryl methyl sites for hydroxylation is 1. The van der Waals surface area contributed by atoms with Crippen LogP contribution >= 0.6 is 0 Å². The molecule has 1 N–H and O–H groups in total. The molecule has 0 aliphatic heterocycles. The maximum Gasteiger partial charge on any atom is 0.251 e. The SMILES string of the molecule is CCC1CCC(NC(=O)c2ccc(F)c(C)c2)CC1. The first-order valence-electron chi connectivity index (χ1n) is 7.17. The van der Waals surface area contributed by atoms with E-state index in [-0.39, 0.29) is 17.8 Å². The molecule has 1 saturated carbocycles. The van der Waals surface area contributed by atoms with E-state index in [0.717, 1.165) is 18.8 Å². The zero-order valence-corrected chi connectivity index (χ0v) is 11.7. The van der Waals surface area contributed by atoms with Crippen molar-refractivity contribution in [3.8, 4) is 0 Å². The maximum atomic E-state index is 13.2. The van der Waals surface area contributed by atoms with E-state index < -0.39 is 0 Å². The molecule has 0 aromatic heterocycles. The third-order valence-electron chi connectivity index (χ3n) is 4.18. The lowest BCUT2D eigenvalue weighted by Gasteiger charge is -2.28.